The minimum absolute atomic E-state index is 0.0802. The van der Waals surface area contributed by atoms with Crippen molar-refractivity contribution in [2.75, 3.05) is 28.2 Å². The van der Waals surface area contributed by atoms with Gasteiger partial charge in [-0.15, -0.1) is 0 Å². The first-order chi connectivity index (χ1) is 14.4. The Morgan fingerprint density at radius 2 is 2.00 bits per heavy atom. The molecular formula is C23H24FN3O3. The Kier molecular flexibility index (Phi) is 5.28. The summed E-state index contributed by atoms with van der Waals surface area (Å²) in [6.45, 7) is 4.50. The molecule has 0 spiro atoms. The summed E-state index contributed by atoms with van der Waals surface area (Å²) >= 11 is 0. The number of amides is 3. The zero-order chi connectivity index (χ0) is 21.4. The molecule has 1 N–H and O–H groups in total. The van der Waals surface area contributed by atoms with Gasteiger partial charge in [-0.2, -0.15) is 0 Å². The molecule has 3 amide bonds. The molecule has 156 valence electrons. The van der Waals surface area contributed by atoms with Gasteiger partial charge in [0.1, 0.15) is 5.82 Å². The third-order valence-electron chi connectivity index (χ3n) is 5.75. The van der Waals surface area contributed by atoms with Crippen LogP contribution in [0.15, 0.2) is 36.4 Å². The molecule has 30 heavy (non-hydrogen) atoms. The number of hydrogen-bond donors (Lipinski definition) is 1. The third-order valence-corrected chi connectivity index (χ3v) is 5.75. The van der Waals surface area contributed by atoms with Crippen molar-refractivity contribution in [3.05, 3.63) is 53.3 Å². The van der Waals surface area contributed by atoms with Gasteiger partial charge in [0.05, 0.1) is 11.6 Å². The number of fused-ring (bicyclic) bond motifs is 1. The molecule has 7 heteroatoms. The molecule has 0 radical (unpaired) electrons. The molecule has 2 aromatic carbocycles. The van der Waals surface area contributed by atoms with E-state index >= 15 is 0 Å². The number of benzene rings is 2. The van der Waals surface area contributed by atoms with E-state index in [0.29, 0.717) is 13.0 Å². The van der Waals surface area contributed by atoms with E-state index in [4.69, 9.17) is 0 Å². The van der Waals surface area contributed by atoms with Crippen molar-refractivity contribution >= 4 is 34.8 Å². The van der Waals surface area contributed by atoms with Crippen molar-refractivity contribution < 1.29 is 18.8 Å². The molecule has 1 saturated heterocycles. The van der Waals surface area contributed by atoms with Crippen LogP contribution in [-0.2, 0) is 20.8 Å². The van der Waals surface area contributed by atoms with Crippen molar-refractivity contribution in [3.8, 4) is 0 Å². The second kappa shape index (κ2) is 7.89. The highest BCUT2D eigenvalue weighted by atomic mass is 19.1. The highest BCUT2D eigenvalue weighted by molar-refractivity contribution is 6.04. The summed E-state index contributed by atoms with van der Waals surface area (Å²) < 4.78 is 14.0. The highest BCUT2D eigenvalue weighted by Gasteiger charge is 2.36. The van der Waals surface area contributed by atoms with E-state index in [2.05, 4.69) is 5.32 Å². The maximum absolute atomic E-state index is 14.0. The van der Waals surface area contributed by atoms with E-state index in [1.54, 1.807) is 22.8 Å². The number of carbonyl (C=O) groups excluding carboxylic acids is 3. The third kappa shape index (κ3) is 3.67. The molecule has 1 fully saturated rings. The Morgan fingerprint density at radius 3 is 2.73 bits per heavy atom. The number of rotatable bonds is 4. The van der Waals surface area contributed by atoms with E-state index < -0.39 is 11.7 Å². The number of carbonyl (C=O) groups is 3. The Labute approximate surface area is 174 Å². The smallest absolute Gasteiger partial charge is 0.229 e. The predicted octanol–water partition coefficient (Wildman–Crippen LogP) is 3.42. The summed E-state index contributed by atoms with van der Waals surface area (Å²) in [6.07, 6.45) is 1.27. The van der Waals surface area contributed by atoms with Crippen LogP contribution in [-0.4, -0.2) is 30.8 Å². The summed E-state index contributed by atoms with van der Waals surface area (Å²) in [7, 11) is 0. The number of nitrogens with zero attached hydrogens (tertiary/aromatic N) is 2. The second-order valence-corrected chi connectivity index (χ2v) is 7.84. The summed E-state index contributed by atoms with van der Waals surface area (Å²) in [5.41, 5.74) is 3.53. The van der Waals surface area contributed by atoms with Gasteiger partial charge in [-0.25, -0.2) is 4.39 Å². The van der Waals surface area contributed by atoms with Crippen LogP contribution in [0.3, 0.4) is 0 Å². The van der Waals surface area contributed by atoms with Crippen LogP contribution in [0.25, 0.3) is 0 Å². The van der Waals surface area contributed by atoms with E-state index in [9.17, 15) is 18.8 Å². The number of nitrogens with one attached hydrogen (secondary N) is 1. The van der Waals surface area contributed by atoms with E-state index in [1.807, 2.05) is 25.1 Å². The van der Waals surface area contributed by atoms with Gasteiger partial charge in [-0.3, -0.25) is 14.4 Å². The maximum Gasteiger partial charge on any atom is 0.229 e. The van der Waals surface area contributed by atoms with Crippen LogP contribution < -0.4 is 15.1 Å². The van der Waals surface area contributed by atoms with Crippen LogP contribution in [0.1, 0.15) is 30.9 Å². The molecule has 0 saturated carbocycles. The number of hydrogen-bond acceptors (Lipinski definition) is 3. The molecule has 4 rings (SSSR count). The summed E-state index contributed by atoms with van der Waals surface area (Å²) in [5, 5.41) is 2.60. The standard InChI is InChI=1S/C23H24FN3O3/c1-3-21(28)26-9-8-15-11-17(5-7-20(15)26)27-13-16(12-22(27)29)23(30)25-19-6-4-14(2)10-18(19)24/h4-7,10-11,16H,3,8-9,12-13H2,1-2H3,(H,25,30). The van der Waals surface area contributed by atoms with Gasteiger partial charge in [0, 0.05) is 37.3 Å². The lowest BCUT2D eigenvalue weighted by Crippen LogP contribution is -2.28. The molecule has 1 atom stereocenters. The summed E-state index contributed by atoms with van der Waals surface area (Å²) in [4.78, 5) is 40.6. The van der Waals surface area contributed by atoms with E-state index in [-0.39, 0.29) is 36.4 Å². The predicted molar refractivity (Wildman–Crippen MR) is 113 cm³/mol. The number of halogens is 1. The monoisotopic (exact) mass is 409 g/mol. The Balaban J connectivity index is 1.47. The van der Waals surface area contributed by atoms with Gasteiger partial charge < -0.3 is 15.1 Å². The average molecular weight is 409 g/mol. The first-order valence-corrected chi connectivity index (χ1v) is 10.2. The lowest BCUT2D eigenvalue weighted by atomic mass is 10.1. The zero-order valence-electron chi connectivity index (χ0n) is 17.1. The van der Waals surface area contributed by atoms with Gasteiger partial charge in [0.15, 0.2) is 0 Å². The van der Waals surface area contributed by atoms with Gasteiger partial charge in [-0.05, 0) is 54.8 Å². The molecule has 2 heterocycles. The normalized spacial score (nSPS) is 18.0. The lowest BCUT2D eigenvalue weighted by molar-refractivity contribution is -0.122. The van der Waals surface area contributed by atoms with Crippen molar-refractivity contribution in [3.63, 3.8) is 0 Å². The molecule has 6 nitrogen and oxygen atoms in total. The average Bonchev–Trinajstić information content (AvgIpc) is 3.32. The molecular weight excluding hydrogens is 385 g/mol. The fourth-order valence-electron chi connectivity index (χ4n) is 4.10. The minimum Gasteiger partial charge on any atom is -0.323 e. The Morgan fingerprint density at radius 1 is 1.20 bits per heavy atom. The first-order valence-electron chi connectivity index (χ1n) is 10.2. The summed E-state index contributed by atoms with van der Waals surface area (Å²) in [5.74, 6) is -1.47. The fraction of sp³-hybridized carbons (Fsp3) is 0.348. The molecule has 0 aliphatic carbocycles. The molecule has 2 aromatic rings. The van der Waals surface area contributed by atoms with E-state index in [1.165, 1.54) is 12.1 Å². The van der Waals surface area contributed by atoms with Crippen LogP contribution in [0.2, 0.25) is 0 Å². The van der Waals surface area contributed by atoms with Crippen LogP contribution in [0.5, 0.6) is 0 Å². The molecule has 2 aliphatic rings. The number of aryl methyl sites for hydroxylation is 1. The van der Waals surface area contributed by atoms with Crippen LogP contribution in [0.4, 0.5) is 21.5 Å². The lowest BCUT2D eigenvalue weighted by Gasteiger charge is -2.20. The Hall–Kier alpha value is -3.22. The highest BCUT2D eigenvalue weighted by Crippen LogP contribution is 2.34. The molecule has 0 bridgehead atoms. The minimum atomic E-state index is -0.551. The van der Waals surface area contributed by atoms with Crippen LogP contribution >= 0.6 is 0 Å². The molecule has 2 aliphatic heterocycles. The van der Waals surface area contributed by atoms with Gasteiger partial charge in [0.2, 0.25) is 17.7 Å². The van der Waals surface area contributed by atoms with Crippen molar-refractivity contribution in [1.29, 1.82) is 0 Å². The first kappa shape index (κ1) is 20.1. The van der Waals surface area contributed by atoms with Crippen molar-refractivity contribution in [1.82, 2.24) is 0 Å². The van der Waals surface area contributed by atoms with Gasteiger partial charge in [0.25, 0.3) is 0 Å². The topological polar surface area (TPSA) is 69.7 Å². The zero-order valence-corrected chi connectivity index (χ0v) is 17.1. The largest absolute Gasteiger partial charge is 0.323 e. The Bertz CT molecular complexity index is 1040. The quantitative estimate of drug-likeness (QED) is 0.841. The van der Waals surface area contributed by atoms with E-state index in [0.717, 1.165) is 28.9 Å². The fourth-order valence-corrected chi connectivity index (χ4v) is 4.10. The van der Waals surface area contributed by atoms with Crippen molar-refractivity contribution in [2.45, 2.75) is 33.1 Å². The second-order valence-electron chi connectivity index (χ2n) is 7.84. The molecule has 1 unspecified atom stereocenters. The SMILES string of the molecule is CCC(=O)N1CCc2cc(N3CC(C(=O)Nc4ccc(C)cc4F)CC3=O)ccc21. The molecule has 0 aromatic heterocycles. The maximum atomic E-state index is 14.0. The summed E-state index contributed by atoms with van der Waals surface area (Å²) in [6, 6.07) is 10.2. The van der Waals surface area contributed by atoms with Gasteiger partial charge >= 0.3 is 0 Å². The van der Waals surface area contributed by atoms with Crippen LogP contribution in [0, 0.1) is 18.7 Å². The van der Waals surface area contributed by atoms with Crippen molar-refractivity contribution in [2.24, 2.45) is 5.92 Å². The number of anilines is 3. The van der Waals surface area contributed by atoms with Gasteiger partial charge in [-0.1, -0.05) is 13.0 Å².